The van der Waals surface area contributed by atoms with Gasteiger partial charge in [0.1, 0.15) is 18.1 Å². The van der Waals surface area contributed by atoms with Gasteiger partial charge in [-0.05, 0) is 54.8 Å². The van der Waals surface area contributed by atoms with Gasteiger partial charge in [0.2, 0.25) is 0 Å². The molecule has 34 heavy (non-hydrogen) atoms. The fraction of sp³-hybridized carbons (Fsp3) is 0.280. The first kappa shape index (κ1) is 23.6. The molecule has 176 valence electrons. The number of aromatic nitrogens is 4. The Morgan fingerprint density at radius 1 is 1.00 bits per heavy atom. The van der Waals surface area contributed by atoms with Gasteiger partial charge in [0, 0.05) is 18.5 Å². The van der Waals surface area contributed by atoms with Gasteiger partial charge >= 0.3 is 6.18 Å². The van der Waals surface area contributed by atoms with Gasteiger partial charge in [-0.15, -0.1) is 0 Å². The molecule has 1 N–H and O–H groups in total. The van der Waals surface area contributed by atoms with Crippen LogP contribution in [0.1, 0.15) is 30.8 Å². The molecule has 4 rings (SSSR count). The Kier molecular flexibility index (Phi) is 6.74. The van der Waals surface area contributed by atoms with Crippen molar-refractivity contribution in [1.29, 1.82) is 0 Å². The van der Waals surface area contributed by atoms with E-state index in [0.29, 0.717) is 29.6 Å². The highest BCUT2D eigenvalue weighted by molar-refractivity contribution is 5.90. The third kappa shape index (κ3) is 5.48. The smallest absolute Gasteiger partial charge is 0.373 e. The number of rotatable bonds is 7. The maximum atomic E-state index is 13.5. The van der Waals surface area contributed by atoms with Crippen LogP contribution in [0.4, 0.5) is 24.7 Å². The lowest BCUT2D eigenvalue weighted by Crippen LogP contribution is -2.10. The summed E-state index contributed by atoms with van der Waals surface area (Å²) < 4.78 is 46.3. The van der Waals surface area contributed by atoms with E-state index in [1.807, 2.05) is 45.0 Å². The third-order valence-corrected chi connectivity index (χ3v) is 4.92. The van der Waals surface area contributed by atoms with Crippen molar-refractivity contribution in [3.8, 4) is 11.4 Å². The number of hydrogen-bond donors (Lipinski definition) is 1. The number of halogens is 3. The molecular weight excluding hydrogens is 443 g/mol. The highest BCUT2D eigenvalue weighted by atomic mass is 19.4. The fourth-order valence-electron chi connectivity index (χ4n) is 3.43. The molecule has 9 heteroatoms. The summed E-state index contributed by atoms with van der Waals surface area (Å²) in [5.74, 6) is 1.21. The first-order valence-electron chi connectivity index (χ1n) is 10.8. The van der Waals surface area contributed by atoms with Crippen LogP contribution >= 0.6 is 0 Å². The summed E-state index contributed by atoms with van der Waals surface area (Å²) in [5.41, 5.74) is 1.12. The number of benzene rings is 1. The molecule has 0 saturated heterocycles. The van der Waals surface area contributed by atoms with E-state index in [0.717, 1.165) is 17.3 Å². The average Bonchev–Trinajstić information content (AvgIpc) is 2.78. The molecule has 4 aromatic rings. The van der Waals surface area contributed by atoms with Crippen LogP contribution in [-0.4, -0.2) is 26.5 Å². The molecule has 0 spiro atoms. The normalized spacial score (nSPS) is 11.9. The van der Waals surface area contributed by atoms with Crippen LogP contribution < -0.4 is 5.32 Å². The molecule has 3 aromatic heterocycles. The monoisotopic (exact) mass is 467 g/mol. The maximum Gasteiger partial charge on any atom is 0.418 e. The first-order valence-corrected chi connectivity index (χ1v) is 10.8. The van der Waals surface area contributed by atoms with E-state index in [9.17, 15) is 13.2 Å². The maximum absolute atomic E-state index is 13.5. The number of fused-ring (bicyclic) bond motifs is 1. The lowest BCUT2D eigenvalue weighted by molar-refractivity contribution is -0.137. The zero-order chi connectivity index (χ0) is 24.3. The fourth-order valence-corrected chi connectivity index (χ4v) is 3.43. The molecule has 0 radical (unpaired) electrons. The Morgan fingerprint density at radius 2 is 1.82 bits per heavy atom. The molecule has 0 bridgehead atoms. The Hall–Kier alpha value is -3.59. The van der Waals surface area contributed by atoms with E-state index in [-0.39, 0.29) is 23.6 Å². The van der Waals surface area contributed by atoms with Crippen molar-refractivity contribution in [2.75, 3.05) is 11.9 Å². The summed E-state index contributed by atoms with van der Waals surface area (Å²) in [5, 5.41) is 3.85. The number of nitrogens with zero attached hydrogens (tertiary/aromatic N) is 4. The van der Waals surface area contributed by atoms with E-state index < -0.39 is 11.7 Å². The summed E-state index contributed by atoms with van der Waals surface area (Å²) >= 11 is 0. The second-order valence-electron chi connectivity index (χ2n) is 8.36. The zero-order valence-corrected chi connectivity index (χ0v) is 19.0. The third-order valence-electron chi connectivity index (χ3n) is 4.92. The van der Waals surface area contributed by atoms with Gasteiger partial charge in [-0.25, -0.2) is 15.0 Å². The molecule has 0 aliphatic carbocycles. The topological polar surface area (TPSA) is 72.8 Å². The van der Waals surface area contributed by atoms with Gasteiger partial charge < -0.3 is 10.1 Å². The Labute approximate surface area is 195 Å². The molecule has 0 fully saturated rings. The van der Waals surface area contributed by atoms with Gasteiger partial charge in [0.15, 0.2) is 11.5 Å². The van der Waals surface area contributed by atoms with Gasteiger partial charge in [0.05, 0.1) is 16.6 Å². The molecule has 0 atom stereocenters. The number of anilines is 2. The quantitative estimate of drug-likeness (QED) is 0.342. The van der Waals surface area contributed by atoms with Crippen molar-refractivity contribution < 1.29 is 17.9 Å². The molecule has 3 heterocycles. The highest BCUT2D eigenvalue weighted by Crippen LogP contribution is 2.36. The van der Waals surface area contributed by atoms with Crippen LogP contribution in [0.2, 0.25) is 0 Å². The molecule has 0 aliphatic heterocycles. The molecule has 6 nitrogen and oxygen atoms in total. The van der Waals surface area contributed by atoms with Gasteiger partial charge in [0.25, 0.3) is 0 Å². The van der Waals surface area contributed by atoms with Gasteiger partial charge in [-0.2, -0.15) is 13.2 Å². The minimum atomic E-state index is -4.56. The van der Waals surface area contributed by atoms with E-state index in [4.69, 9.17) is 4.74 Å². The number of ether oxygens (including phenoxy) is 1. The van der Waals surface area contributed by atoms with Crippen molar-refractivity contribution in [1.82, 2.24) is 19.9 Å². The lowest BCUT2D eigenvalue weighted by Gasteiger charge is -2.14. The minimum absolute atomic E-state index is 0.0784. The van der Waals surface area contributed by atoms with Crippen molar-refractivity contribution in [2.45, 2.75) is 33.6 Å². The van der Waals surface area contributed by atoms with Crippen LogP contribution in [-0.2, 0) is 17.5 Å². The minimum Gasteiger partial charge on any atom is -0.373 e. The largest absolute Gasteiger partial charge is 0.418 e. The molecule has 0 unspecified atom stereocenters. The Bertz CT molecular complexity index is 1310. The number of alkyl halides is 3. The van der Waals surface area contributed by atoms with Crippen LogP contribution in [0.5, 0.6) is 0 Å². The van der Waals surface area contributed by atoms with E-state index in [2.05, 4.69) is 25.3 Å². The highest BCUT2D eigenvalue weighted by Gasteiger charge is 2.34. The van der Waals surface area contributed by atoms with E-state index in [1.54, 1.807) is 6.07 Å². The molecule has 0 saturated carbocycles. The van der Waals surface area contributed by atoms with Crippen molar-refractivity contribution in [3.05, 3.63) is 71.7 Å². The van der Waals surface area contributed by atoms with Crippen molar-refractivity contribution in [2.24, 2.45) is 5.92 Å². The number of nitrogens with one attached hydrogen (secondary N) is 1. The summed E-state index contributed by atoms with van der Waals surface area (Å²) in [6, 6.07) is 13.2. The SMILES string of the molecule is Cc1cccc(Nc2nc(COCC(C)C)nc3nc(-c4ncccc4C(F)(F)F)ccc23)c1. The van der Waals surface area contributed by atoms with E-state index >= 15 is 0 Å². The predicted octanol–water partition coefficient (Wildman–Crippen LogP) is 6.33. The predicted molar refractivity (Wildman–Crippen MR) is 125 cm³/mol. The number of aryl methyl sites for hydroxylation is 1. The Balaban J connectivity index is 1.80. The second kappa shape index (κ2) is 9.72. The number of pyridine rings is 2. The number of hydrogen-bond acceptors (Lipinski definition) is 6. The lowest BCUT2D eigenvalue weighted by atomic mass is 10.1. The van der Waals surface area contributed by atoms with E-state index in [1.165, 1.54) is 18.3 Å². The first-order chi connectivity index (χ1) is 16.2. The summed E-state index contributed by atoms with van der Waals surface area (Å²) in [7, 11) is 0. The van der Waals surface area contributed by atoms with Crippen LogP contribution in [0.15, 0.2) is 54.7 Å². The average molecular weight is 467 g/mol. The van der Waals surface area contributed by atoms with Crippen molar-refractivity contribution >= 4 is 22.5 Å². The zero-order valence-electron chi connectivity index (χ0n) is 19.0. The molecule has 0 amide bonds. The summed E-state index contributed by atoms with van der Waals surface area (Å²) in [4.78, 5) is 17.5. The second-order valence-corrected chi connectivity index (χ2v) is 8.36. The van der Waals surface area contributed by atoms with Gasteiger partial charge in [-0.1, -0.05) is 26.0 Å². The van der Waals surface area contributed by atoms with Crippen molar-refractivity contribution in [3.63, 3.8) is 0 Å². The molecule has 0 aliphatic rings. The standard InChI is InChI=1S/C25H24F3N5O/c1-15(2)13-34-14-21-32-23(30-17-7-4-6-16(3)12-17)18-9-10-20(31-24(18)33-21)22-19(25(26,27)28)8-5-11-29-22/h4-12,15H,13-14H2,1-3H3,(H,30,31,32,33). The van der Waals surface area contributed by atoms with Crippen LogP contribution in [0, 0.1) is 12.8 Å². The molecule has 1 aromatic carbocycles. The molecular formula is C25H24F3N5O. The van der Waals surface area contributed by atoms with Crippen LogP contribution in [0.25, 0.3) is 22.4 Å². The summed E-state index contributed by atoms with van der Waals surface area (Å²) in [6.45, 7) is 6.72. The van der Waals surface area contributed by atoms with Gasteiger partial charge in [-0.3, -0.25) is 4.98 Å². The van der Waals surface area contributed by atoms with Crippen LogP contribution in [0.3, 0.4) is 0 Å². The Morgan fingerprint density at radius 3 is 2.56 bits per heavy atom. The summed E-state index contributed by atoms with van der Waals surface area (Å²) in [6.07, 6.45) is -3.24.